The molecule has 2 aromatic rings. The van der Waals surface area contributed by atoms with Gasteiger partial charge in [-0.3, -0.25) is 4.79 Å². The standard InChI is InChI=1S/C18H20INO3/c1-5-23-16-10-13(9-14(19)17(16)22-4)18(21)20-15-7-6-11(2)8-12(15)3/h6-10H,5H2,1-4H3,(H,20,21). The minimum atomic E-state index is -0.168. The van der Waals surface area contributed by atoms with Crippen molar-refractivity contribution in [2.45, 2.75) is 20.8 Å². The van der Waals surface area contributed by atoms with Crippen LogP contribution in [0.25, 0.3) is 0 Å². The molecule has 1 amide bonds. The molecule has 0 aliphatic heterocycles. The van der Waals surface area contributed by atoms with E-state index in [2.05, 4.69) is 27.9 Å². The van der Waals surface area contributed by atoms with E-state index in [1.54, 1.807) is 19.2 Å². The van der Waals surface area contributed by atoms with E-state index in [0.29, 0.717) is 23.7 Å². The van der Waals surface area contributed by atoms with Gasteiger partial charge in [0.1, 0.15) is 0 Å². The summed E-state index contributed by atoms with van der Waals surface area (Å²) in [5.41, 5.74) is 3.55. The van der Waals surface area contributed by atoms with Crippen molar-refractivity contribution < 1.29 is 14.3 Å². The molecule has 0 aliphatic carbocycles. The highest BCUT2D eigenvalue weighted by atomic mass is 127. The van der Waals surface area contributed by atoms with Gasteiger partial charge in [0.25, 0.3) is 5.91 Å². The van der Waals surface area contributed by atoms with Crippen LogP contribution in [0, 0.1) is 17.4 Å². The fraction of sp³-hybridized carbons (Fsp3) is 0.278. The lowest BCUT2D eigenvalue weighted by molar-refractivity contribution is 0.102. The molecule has 0 spiro atoms. The molecule has 2 aromatic carbocycles. The summed E-state index contributed by atoms with van der Waals surface area (Å²) in [7, 11) is 1.59. The van der Waals surface area contributed by atoms with Crippen LogP contribution in [0.2, 0.25) is 0 Å². The number of carbonyl (C=O) groups excluding carboxylic acids is 1. The zero-order chi connectivity index (χ0) is 17.0. The molecule has 5 heteroatoms. The van der Waals surface area contributed by atoms with Gasteiger partial charge < -0.3 is 14.8 Å². The number of amides is 1. The third-order valence-electron chi connectivity index (χ3n) is 3.41. The van der Waals surface area contributed by atoms with Gasteiger partial charge in [0.15, 0.2) is 11.5 Å². The van der Waals surface area contributed by atoms with Crippen LogP contribution < -0.4 is 14.8 Å². The molecule has 0 unspecified atom stereocenters. The highest BCUT2D eigenvalue weighted by Crippen LogP contribution is 2.34. The third kappa shape index (κ3) is 4.16. The van der Waals surface area contributed by atoms with Gasteiger partial charge in [-0.2, -0.15) is 0 Å². The summed E-state index contributed by atoms with van der Waals surface area (Å²) in [4.78, 5) is 12.5. The monoisotopic (exact) mass is 425 g/mol. The van der Waals surface area contributed by atoms with Gasteiger partial charge in [0.05, 0.1) is 17.3 Å². The summed E-state index contributed by atoms with van der Waals surface area (Å²) >= 11 is 2.14. The zero-order valence-electron chi connectivity index (χ0n) is 13.7. The van der Waals surface area contributed by atoms with Crippen molar-refractivity contribution in [2.75, 3.05) is 19.0 Å². The Morgan fingerprint density at radius 2 is 1.96 bits per heavy atom. The number of anilines is 1. The Labute approximate surface area is 150 Å². The number of hydrogen-bond acceptors (Lipinski definition) is 3. The summed E-state index contributed by atoms with van der Waals surface area (Å²) < 4.78 is 11.8. The van der Waals surface area contributed by atoms with E-state index in [4.69, 9.17) is 9.47 Å². The molecular weight excluding hydrogens is 405 g/mol. The van der Waals surface area contributed by atoms with Crippen molar-refractivity contribution >= 4 is 34.2 Å². The first-order chi connectivity index (χ1) is 11.0. The molecule has 0 radical (unpaired) electrons. The van der Waals surface area contributed by atoms with Crippen molar-refractivity contribution in [2.24, 2.45) is 0 Å². The molecule has 0 heterocycles. The smallest absolute Gasteiger partial charge is 0.255 e. The number of halogens is 1. The van der Waals surface area contributed by atoms with Crippen molar-refractivity contribution in [3.05, 3.63) is 50.6 Å². The maximum Gasteiger partial charge on any atom is 0.255 e. The van der Waals surface area contributed by atoms with Crippen molar-refractivity contribution in [1.82, 2.24) is 0 Å². The number of hydrogen-bond donors (Lipinski definition) is 1. The number of nitrogens with one attached hydrogen (secondary N) is 1. The van der Waals surface area contributed by atoms with Crippen LogP contribution in [0.3, 0.4) is 0 Å². The summed E-state index contributed by atoms with van der Waals surface area (Å²) in [5, 5.41) is 2.95. The Bertz CT molecular complexity index is 728. The summed E-state index contributed by atoms with van der Waals surface area (Å²) in [6, 6.07) is 9.44. The van der Waals surface area contributed by atoms with Crippen LogP contribution in [0.1, 0.15) is 28.4 Å². The van der Waals surface area contributed by atoms with Gasteiger partial charge in [0.2, 0.25) is 0 Å². The Kier molecular flexibility index (Phi) is 5.87. The van der Waals surface area contributed by atoms with E-state index in [1.165, 1.54) is 0 Å². The van der Waals surface area contributed by atoms with Crippen LogP contribution in [-0.4, -0.2) is 19.6 Å². The minimum absolute atomic E-state index is 0.168. The average molecular weight is 425 g/mol. The predicted molar refractivity (Wildman–Crippen MR) is 101 cm³/mol. The second kappa shape index (κ2) is 7.68. The molecule has 122 valence electrons. The van der Waals surface area contributed by atoms with Crippen LogP contribution in [0.5, 0.6) is 11.5 Å². The van der Waals surface area contributed by atoms with E-state index in [-0.39, 0.29) is 5.91 Å². The quantitative estimate of drug-likeness (QED) is 0.715. The maximum atomic E-state index is 12.5. The molecule has 2 rings (SSSR count). The normalized spacial score (nSPS) is 10.3. The highest BCUT2D eigenvalue weighted by molar-refractivity contribution is 14.1. The van der Waals surface area contributed by atoms with Crippen LogP contribution in [0.15, 0.2) is 30.3 Å². The van der Waals surface area contributed by atoms with E-state index < -0.39 is 0 Å². The molecule has 0 saturated heterocycles. The van der Waals surface area contributed by atoms with E-state index in [0.717, 1.165) is 20.4 Å². The highest BCUT2D eigenvalue weighted by Gasteiger charge is 2.16. The molecule has 0 bridgehead atoms. The topological polar surface area (TPSA) is 47.6 Å². The Hall–Kier alpha value is -1.76. The fourth-order valence-electron chi connectivity index (χ4n) is 2.31. The van der Waals surface area contributed by atoms with Crippen molar-refractivity contribution in [1.29, 1.82) is 0 Å². The minimum Gasteiger partial charge on any atom is -0.492 e. The Morgan fingerprint density at radius 1 is 1.22 bits per heavy atom. The molecule has 0 saturated carbocycles. The first kappa shape index (κ1) is 17.6. The molecule has 4 nitrogen and oxygen atoms in total. The Balaban J connectivity index is 2.32. The number of rotatable bonds is 5. The number of carbonyl (C=O) groups is 1. The largest absolute Gasteiger partial charge is 0.492 e. The van der Waals surface area contributed by atoms with Crippen LogP contribution >= 0.6 is 22.6 Å². The maximum absolute atomic E-state index is 12.5. The number of ether oxygens (including phenoxy) is 2. The Morgan fingerprint density at radius 3 is 2.57 bits per heavy atom. The first-order valence-electron chi connectivity index (χ1n) is 7.35. The second-order valence-corrected chi connectivity index (χ2v) is 6.36. The van der Waals surface area contributed by atoms with Crippen molar-refractivity contribution in [3.8, 4) is 11.5 Å². The lowest BCUT2D eigenvalue weighted by Crippen LogP contribution is -2.13. The van der Waals surface area contributed by atoms with E-state index in [9.17, 15) is 4.79 Å². The fourth-order valence-corrected chi connectivity index (χ4v) is 3.13. The third-order valence-corrected chi connectivity index (χ3v) is 4.21. The van der Waals surface area contributed by atoms with Crippen LogP contribution in [-0.2, 0) is 0 Å². The number of benzene rings is 2. The van der Waals surface area contributed by atoms with Gasteiger partial charge in [-0.15, -0.1) is 0 Å². The van der Waals surface area contributed by atoms with Crippen LogP contribution in [0.4, 0.5) is 5.69 Å². The van der Waals surface area contributed by atoms with Gasteiger partial charge in [-0.1, -0.05) is 17.7 Å². The summed E-state index contributed by atoms with van der Waals surface area (Å²) in [6.07, 6.45) is 0. The summed E-state index contributed by atoms with van der Waals surface area (Å²) in [6.45, 7) is 6.41. The van der Waals surface area contributed by atoms with Gasteiger partial charge in [0, 0.05) is 11.3 Å². The van der Waals surface area contributed by atoms with Gasteiger partial charge >= 0.3 is 0 Å². The first-order valence-corrected chi connectivity index (χ1v) is 8.43. The van der Waals surface area contributed by atoms with Gasteiger partial charge in [-0.05, 0) is 67.1 Å². The van der Waals surface area contributed by atoms with E-state index >= 15 is 0 Å². The average Bonchev–Trinajstić information content (AvgIpc) is 2.50. The van der Waals surface area contributed by atoms with Gasteiger partial charge in [-0.25, -0.2) is 0 Å². The summed E-state index contributed by atoms with van der Waals surface area (Å²) in [5.74, 6) is 1.06. The molecular formula is C18H20INO3. The molecule has 23 heavy (non-hydrogen) atoms. The van der Waals surface area contributed by atoms with Crippen molar-refractivity contribution in [3.63, 3.8) is 0 Å². The number of aryl methyl sites for hydroxylation is 2. The molecule has 0 fully saturated rings. The molecule has 0 aromatic heterocycles. The zero-order valence-corrected chi connectivity index (χ0v) is 15.9. The second-order valence-electron chi connectivity index (χ2n) is 5.19. The lowest BCUT2D eigenvalue weighted by Gasteiger charge is -2.14. The number of methoxy groups -OCH3 is 1. The molecule has 0 aliphatic rings. The SMILES string of the molecule is CCOc1cc(C(=O)Nc2ccc(C)cc2C)cc(I)c1OC. The molecule has 0 atom stereocenters. The predicted octanol–water partition coefficient (Wildman–Crippen LogP) is 4.57. The lowest BCUT2D eigenvalue weighted by atomic mass is 10.1. The molecule has 1 N–H and O–H groups in total. The van der Waals surface area contributed by atoms with E-state index in [1.807, 2.05) is 39.0 Å².